The molecule has 5 nitrogen and oxygen atoms in total. The lowest BCUT2D eigenvalue weighted by molar-refractivity contribution is 0.306. The average molecular weight is 348 g/mol. The molecular formula is C21H24N4O. The van der Waals surface area contributed by atoms with Crippen molar-refractivity contribution in [2.45, 2.75) is 19.7 Å². The number of aromatic nitrogens is 2. The minimum Gasteiger partial charge on any atom is -0.489 e. The molecule has 0 aliphatic rings. The molecule has 1 N–H and O–H groups in total. The van der Waals surface area contributed by atoms with Gasteiger partial charge in [0.25, 0.3) is 0 Å². The lowest BCUT2D eigenvalue weighted by Crippen LogP contribution is -2.14. The fourth-order valence-corrected chi connectivity index (χ4v) is 2.52. The number of nitrogens with zero attached hydrogens (tertiary/aromatic N) is 3. The van der Waals surface area contributed by atoms with Crippen LogP contribution in [0.5, 0.6) is 5.75 Å². The number of nitrogens with one attached hydrogen (secondary N) is 1. The van der Waals surface area contributed by atoms with E-state index in [1.54, 1.807) is 12.4 Å². The molecule has 0 atom stereocenters. The molecule has 0 amide bonds. The maximum absolute atomic E-state index is 5.80. The minimum atomic E-state index is 0.552. The van der Waals surface area contributed by atoms with Gasteiger partial charge in [0.1, 0.15) is 18.2 Å². The molecule has 3 rings (SSSR count). The molecule has 0 spiro atoms. The lowest BCUT2D eigenvalue weighted by Gasteiger charge is -2.12. The maximum atomic E-state index is 5.80. The Labute approximate surface area is 154 Å². The van der Waals surface area contributed by atoms with E-state index in [1.807, 2.05) is 55.5 Å². The van der Waals surface area contributed by atoms with Crippen LogP contribution in [0.15, 0.2) is 67.1 Å². The molecule has 0 radical (unpaired) electrons. The number of rotatable bonds is 8. The van der Waals surface area contributed by atoms with Gasteiger partial charge in [-0.3, -0.25) is 4.98 Å². The predicted molar refractivity (Wildman–Crippen MR) is 104 cm³/mol. The van der Waals surface area contributed by atoms with Crippen molar-refractivity contribution in [3.8, 4) is 5.75 Å². The highest BCUT2D eigenvalue weighted by Crippen LogP contribution is 2.14. The van der Waals surface area contributed by atoms with E-state index in [0.29, 0.717) is 6.61 Å². The van der Waals surface area contributed by atoms with Crippen molar-refractivity contribution in [1.29, 1.82) is 0 Å². The van der Waals surface area contributed by atoms with Gasteiger partial charge in [0.05, 0.1) is 0 Å². The molecule has 0 unspecified atom stereocenters. The highest BCUT2D eigenvalue weighted by molar-refractivity contribution is 5.39. The van der Waals surface area contributed by atoms with Crippen molar-refractivity contribution in [1.82, 2.24) is 15.3 Å². The molecule has 5 heteroatoms. The van der Waals surface area contributed by atoms with Gasteiger partial charge >= 0.3 is 0 Å². The van der Waals surface area contributed by atoms with Crippen LogP contribution in [0, 0.1) is 0 Å². The van der Waals surface area contributed by atoms with Crippen LogP contribution in [-0.2, 0) is 19.7 Å². The minimum absolute atomic E-state index is 0.552. The second-order valence-electron chi connectivity index (χ2n) is 6.31. The third-order valence-electron chi connectivity index (χ3n) is 4.00. The van der Waals surface area contributed by atoms with E-state index in [0.717, 1.165) is 30.2 Å². The molecule has 3 aromatic rings. The predicted octanol–water partition coefficient (Wildman–Crippen LogP) is 3.41. The zero-order valence-corrected chi connectivity index (χ0v) is 15.2. The summed E-state index contributed by atoms with van der Waals surface area (Å²) in [6.45, 7) is 2.17. The molecule has 2 aromatic heterocycles. The highest BCUT2D eigenvalue weighted by atomic mass is 16.5. The lowest BCUT2D eigenvalue weighted by atomic mass is 10.2. The number of anilines is 1. The zero-order valence-electron chi connectivity index (χ0n) is 15.2. The van der Waals surface area contributed by atoms with Gasteiger partial charge in [-0.05, 0) is 53.1 Å². The van der Waals surface area contributed by atoms with E-state index in [9.17, 15) is 0 Å². The quantitative estimate of drug-likeness (QED) is 0.676. The van der Waals surface area contributed by atoms with Crippen LogP contribution in [0.3, 0.4) is 0 Å². The van der Waals surface area contributed by atoms with Crippen LogP contribution in [0.4, 0.5) is 5.82 Å². The molecule has 0 aliphatic carbocycles. The Bertz CT molecular complexity index is 804. The third-order valence-corrected chi connectivity index (χ3v) is 4.00. The second-order valence-corrected chi connectivity index (χ2v) is 6.31. The SMILES string of the molecule is CN(C)c1cc(CNCc2ccc(OCc3ccncc3)cc2)ccn1. The number of hydrogen-bond acceptors (Lipinski definition) is 5. The van der Waals surface area contributed by atoms with Gasteiger partial charge in [0, 0.05) is 45.8 Å². The molecule has 0 saturated carbocycles. The van der Waals surface area contributed by atoms with Gasteiger partial charge in [0.15, 0.2) is 0 Å². The summed E-state index contributed by atoms with van der Waals surface area (Å²) in [5, 5.41) is 3.47. The van der Waals surface area contributed by atoms with Gasteiger partial charge in [-0.15, -0.1) is 0 Å². The van der Waals surface area contributed by atoms with Gasteiger partial charge in [-0.25, -0.2) is 4.98 Å². The zero-order chi connectivity index (χ0) is 18.2. The Morgan fingerprint density at radius 1 is 0.846 bits per heavy atom. The Hall–Kier alpha value is -2.92. The fraction of sp³-hybridized carbons (Fsp3) is 0.238. The van der Waals surface area contributed by atoms with Crippen molar-refractivity contribution < 1.29 is 4.74 Å². The van der Waals surface area contributed by atoms with E-state index in [1.165, 1.54) is 11.1 Å². The summed E-state index contributed by atoms with van der Waals surface area (Å²) in [4.78, 5) is 10.4. The van der Waals surface area contributed by atoms with E-state index in [-0.39, 0.29) is 0 Å². The van der Waals surface area contributed by atoms with Crippen LogP contribution in [0.1, 0.15) is 16.7 Å². The fourth-order valence-electron chi connectivity index (χ4n) is 2.52. The van der Waals surface area contributed by atoms with Crippen LogP contribution >= 0.6 is 0 Å². The first kappa shape index (κ1) is 17.9. The normalized spacial score (nSPS) is 10.5. The largest absolute Gasteiger partial charge is 0.489 e. The number of pyridine rings is 2. The first-order valence-electron chi connectivity index (χ1n) is 8.64. The molecule has 2 heterocycles. The maximum Gasteiger partial charge on any atom is 0.128 e. The van der Waals surface area contributed by atoms with Crippen molar-refractivity contribution in [3.05, 3.63) is 83.8 Å². The van der Waals surface area contributed by atoms with Crippen LogP contribution in [0.25, 0.3) is 0 Å². The molecule has 26 heavy (non-hydrogen) atoms. The topological polar surface area (TPSA) is 50.3 Å². The summed E-state index contributed by atoms with van der Waals surface area (Å²) in [6.07, 6.45) is 5.40. The summed E-state index contributed by atoms with van der Waals surface area (Å²) in [6, 6.07) is 16.3. The summed E-state index contributed by atoms with van der Waals surface area (Å²) in [5.41, 5.74) is 3.56. The summed E-state index contributed by atoms with van der Waals surface area (Å²) in [5.74, 6) is 1.84. The van der Waals surface area contributed by atoms with Crippen molar-refractivity contribution in [2.24, 2.45) is 0 Å². The Morgan fingerprint density at radius 3 is 2.27 bits per heavy atom. The van der Waals surface area contributed by atoms with E-state index in [4.69, 9.17) is 4.74 Å². The Morgan fingerprint density at radius 2 is 1.54 bits per heavy atom. The van der Waals surface area contributed by atoms with Crippen LogP contribution < -0.4 is 15.0 Å². The molecular weight excluding hydrogens is 324 g/mol. The average Bonchev–Trinajstić information content (AvgIpc) is 2.68. The number of ether oxygens (including phenoxy) is 1. The standard InChI is InChI=1S/C21H24N4O/c1-25(2)21-13-19(9-12-24-21)15-23-14-17-3-5-20(6-4-17)26-16-18-7-10-22-11-8-18/h3-13,23H,14-16H2,1-2H3. The van der Waals surface area contributed by atoms with E-state index >= 15 is 0 Å². The van der Waals surface area contributed by atoms with E-state index < -0.39 is 0 Å². The monoisotopic (exact) mass is 348 g/mol. The molecule has 1 aromatic carbocycles. The summed E-state index contributed by atoms with van der Waals surface area (Å²) >= 11 is 0. The number of hydrogen-bond donors (Lipinski definition) is 1. The molecule has 0 fully saturated rings. The van der Waals surface area contributed by atoms with Crippen LogP contribution in [0.2, 0.25) is 0 Å². The van der Waals surface area contributed by atoms with E-state index in [2.05, 4.69) is 33.5 Å². The second kappa shape index (κ2) is 8.97. The molecule has 0 saturated heterocycles. The van der Waals surface area contributed by atoms with Crippen molar-refractivity contribution in [3.63, 3.8) is 0 Å². The van der Waals surface area contributed by atoms with Crippen molar-refractivity contribution >= 4 is 5.82 Å². The van der Waals surface area contributed by atoms with Gasteiger partial charge < -0.3 is 15.0 Å². The Balaban J connectivity index is 1.46. The highest BCUT2D eigenvalue weighted by Gasteiger charge is 2.00. The Kier molecular flexibility index (Phi) is 6.17. The number of benzene rings is 1. The first-order valence-corrected chi connectivity index (χ1v) is 8.64. The molecule has 134 valence electrons. The van der Waals surface area contributed by atoms with Gasteiger partial charge in [-0.2, -0.15) is 0 Å². The first-order chi connectivity index (χ1) is 12.7. The van der Waals surface area contributed by atoms with Gasteiger partial charge in [-0.1, -0.05) is 12.1 Å². The molecule has 0 bridgehead atoms. The summed E-state index contributed by atoms with van der Waals surface area (Å²) < 4.78 is 5.80. The van der Waals surface area contributed by atoms with Crippen LogP contribution in [-0.4, -0.2) is 24.1 Å². The smallest absolute Gasteiger partial charge is 0.128 e. The molecule has 0 aliphatic heterocycles. The summed E-state index contributed by atoms with van der Waals surface area (Å²) in [7, 11) is 4.00. The van der Waals surface area contributed by atoms with Crippen molar-refractivity contribution in [2.75, 3.05) is 19.0 Å². The van der Waals surface area contributed by atoms with Gasteiger partial charge in [0.2, 0.25) is 0 Å². The third kappa shape index (κ3) is 5.29.